The number of pyridine rings is 1. The van der Waals surface area contributed by atoms with Crippen molar-refractivity contribution in [3.8, 4) is 0 Å². The highest BCUT2D eigenvalue weighted by Crippen LogP contribution is 2.21. The molecular formula is C9H9ClN2O. The molecule has 2 aromatic heterocycles. The second kappa shape index (κ2) is 3.00. The van der Waals surface area contributed by atoms with Crippen LogP contribution in [0.1, 0.15) is 25.7 Å². The van der Waals surface area contributed by atoms with Crippen molar-refractivity contribution in [2.24, 2.45) is 0 Å². The molecule has 4 heteroatoms. The third-order valence-corrected chi connectivity index (χ3v) is 1.93. The van der Waals surface area contributed by atoms with Crippen LogP contribution in [0.5, 0.6) is 0 Å². The Morgan fingerprint density at radius 2 is 2.23 bits per heavy atom. The molecule has 0 N–H and O–H groups in total. The first-order valence-corrected chi connectivity index (χ1v) is 4.46. The maximum atomic E-state index is 5.76. The van der Waals surface area contributed by atoms with E-state index in [0.29, 0.717) is 16.6 Å². The molecule has 0 unspecified atom stereocenters. The number of oxazole rings is 1. The summed E-state index contributed by atoms with van der Waals surface area (Å²) in [6.07, 6.45) is 1.55. The van der Waals surface area contributed by atoms with Gasteiger partial charge < -0.3 is 4.42 Å². The molecule has 0 bridgehead atoms. The van der Waals surface area contributed by atoms with Crippen molar-refractivity contribution in [1.29, 1.82) is 0 Å². The van der Waals surface area contributed by atoms with Crippen LogP contribution in [-0.2, 0) is 0 Å². The Morgan fingerprint density at radius 3 is 2.92 bits per heavy atom. The summed E-state index contributed by atoms with van der Waals surface area (Å²) in [5.41, 5.74) is 1.27. The van der Waals surface area contributed by atoms with E-state index in [4.69, 9.17) is 16.0 Å². The quantitative estimate of drug-likeness (QED) is 0.704. The maximum absolute atomic E-state index is 5.76. The lowest BCUT2D eigenvalue weighted by Gasteiger charge is -1.93. The van der Waals surface area contributed by atoms with Crippen molar-refractivity contribution >= 4 is 22.8 Å². The SMILES string of the molecule is CC(C)c1nc2cc(Cl)cnc2o1. The molecule has 13 heavy (non-hydrogen) atoms. The molecule has 0 atom stereocenters. The number of aromatic nitrogens is 2. The molecule has 0 fully saturated rings. The Kier molecular flexibility index (Phi) is 1.96. The van der Waals surface area contributed by atoms with Crippen LogP contribution in [0.3, 0.4) is 0 Å². The van der Waals surface area contributed by atoms with Gasteiger partial charge in [0.25, 0.3) is 0 Å². The molecule has 0 aliphatic rings. The van der Waals surface area contributed by atoms with Crippen LogP contribution in [-0.4, -0.2) is 9.97 Å². The van der Waals surface area contributed by atoms with E-state index in [1.165, 1.54) is 0 Å². The molecule has 2 aromatic rings. The minimum Gasteiger partial charge on any atom is -0.422 e. The second-order valence-electron chi connectivity index (χ2n) is 3.18. The van der Waals surface area contributed by atoms with Crippen LogP contribution in [0.25, 0.3) is 11.2 Å². The first-order valence-electron chi connectivity index (χ1n) is 4.09. The topological polar surface area (TPSA) is 38.9 Å². The van der Waals surface area contributed by atoms with Gasteiger partial charge in [0.1, 0.15) is 5.52 Å². The Morgan fingerprint density at radius 1 is 1.46 bits per heavy atom. The third-order valence-electron chi connectivity index (χ3n) is 1.72. The van der Waals surface area contributed by atoms with Crippen molar-refractivity contribution in [3.63, 3.8) is 0 Å². The summed E-state index contributed by atoms with van der Waals surface area (Å²) in [5, 5.41) is 0.580. The van der Waals surface area contributed by atoms with E-state index in [2.05, 4.69) is 9.97 Å². The maximum Gasteiger partial charge on any atom is 0.247 e. The summed E-state index contributed by atoms with van der Waals surface area (Å²) in [6.45, 7) is 4.04. The molecule has 0 radical (unpaired) electrons. The van der Waals surface area contributed by atoms with E-state index < -0.39 is 0 Å². The lowest BCUT2D eigenvalue weighted by atomic mass is 10.2. The van der Waals surface area contributed by atoms with Crippen LogP contribution < -0.4 is 0 Å². The molecule has 3 nitrogen and oxygen atoms in total. The van der Waals surface area contributed by atoms with Crippen molar-refractivity contribution in [2.75, 3.05) is 0 Å². The van der Waals surface area contributed by atoms with Crippen molar-refractivity contribution in [1.82, 2.24) is 9.97 Å². The Balaban J connectivity index is 2.62. The van der Waals surface area contributed by atoms with Gasteiger partial charge in [0, 0.05) is 12.1 Å². The van der Waals surface area contributed by atoms with Gasteiger partial charge in [-0.3, -0.25) is 0 Å². The number of fused-ring (bicyclic) bond motifs is 1. The van der Waals surface area contributed by atoms with Crippen molar-refractivity contribution in [3.05, 3.63) is 23.2 Å². The predicted octanol–water partition coefficient (Wildman–Crippen LogP) is 3.00. The third kappa shape index (κ3) is 1.52. The summed E-state index contributed by atoms with van der Waals surface area (Å²) in [7, 11) is 0. The average Bonchev–Trinajstić information content (AvgIpc) is 2.46. The largest absolute Gasteiger partial charge is 0.422 e. The minimum atomic E-state index is 0.271. The molecule has 0 amide bonds. The van der Waals surface area contributed by atoms with E-state index in [0.717, 1.165) is 5.52 Å². The predicted molar refractivity (Wildman–Crippen MR) is 50.9 cm³/mol. The van der Waals surface area contributed by atoms with Gasteiger partial charge in [0.2, 0.25) is 5.71 Å². The van der Waals surface area contributed by atoms with E-state index in [-0.39, 0.29) is 5.92 Å². The smallest absolute Gasteiger partial charge is 0.247 e. The molecule has 0 aliphatic heterocycles. The molecule has 0 saturated heterocycles. The van der Waals surface area contributed by atoms with Gasteiger partial charge in [-0.05, 0) is 6.07 Å². The monoisotopic (exact) mass is 196 g/mol. The normalized spacial score (nSPS) is 11.4. The number of nitrogens with zero attached hydrogens (tertiary/aromatic N) is 2. The summed E-state index contributed by atoms with van der Waals surface area (Å²) in [5.74, 6) is 0.970. The summed E-state index contributed by atoms with van der Waals surface area (Å²) < 4.78 is 5.40. The fourth-order valence-corrected chi connectivity index (χ4v) is 1.21. The standard InChI is InChI=1S/C9H9ClN2O/c1-5(2)8-12-7-3-6(10)4-11-9(7)13-8/h3-5H,1-2H3. The van der Waals surface area contributed by atoms with Gasteiger partial charge in [-0.2, -0.15) is 0 Å². The van der Waals surface area contributed by atoms with Crippen LogP contribution in [0.2, 0.25) is 5.02 Å². The highest BCUT2D eigenvalue weighted by Gasteiger charge is 2.09. The van der Waals surface area contributed by atoms with Gasteiger partial charge in [0.05, 0.1) is 5.02 Å². The van der Waals surface area contributed by atoms with Gasteiger partial charge in [-0.25, -0.2) is 9.97 Å². The fraction of sp³-hybridized carbons (Fsp3) is 0.333. The number of hydrogen-bond acceptors (Lipinski definition) is 3. The van der Waals surface area contributed by atoms with Crippen LogP contribution >= 0.6 is 11.6 Å². The number of rotatable bonds is 1. The van der Waals surface area contributed by atoms with Gasteiger partial charge in [-0.1, -0.05) is 25.4 Å². The van der Waals surface area contributed by atoms with Gasteiger partial charge in [-0.15, -0.1) is 0 Å². The molecular weight excluding hydrogens is 188 g/mol. The second-order valence-corrected chi connectivity index (χ2v) is 3.62. The lowest BCUT2D eigenvalue weighted by Crippen LogP contribution is -1.84. The van der Waals surface area contributed by atoms with Crippen LogP contribution in [0.4, 0.5) is 0 Å². The first-order chi connectivity index (χ1) is 6.16. The van der Waals surface area contributed by atoms with E-state index in [1.807, 2.05) is 13.8 Å². The highest BCUT2D eigenvalue weighted by molar-refractivity contribution is 6.30. The first kappa shape index (κ1) is 8.51. The summed E-state index contributed by atoms with van der Waals surface area (Å²) >= 11 is 5.76. The lowest BCUT2D eigenvalue weighted by molar-refractivity contribution is 0.494. The Hall–Kier alpha value is -1.09. The molecule has 0 aliphatic carbocycles. The molecule has 2 rings (SSSR count). The zero-order valence-corrected chi connectivity index (χ0v) is 8.17. The highest BCUT2D eigenvalue weighted by atomic mass is 35.5. The molecule has 0 aromatic carbocycles. The van der Waals surface area contributed by atoms with E-state index in [9.17, 15) is 0 Å². The molecule has 0 saturated carbocycles. The van der Waals surface area contributed by atoms with Crippen molar-refractivity contribution in [2.45, 2.75) is 19.8 Å². The van der Waals surface area contributed by atoms with Gasteiger partial charge in [0.15, 0.2) is 5.89 Å². The Bertz CT molecular complexity index is 436. The molecule has 68 valence electrons. The van der Waals surface area contributed by atoms with Crippen LogP contribution in [0.15, 0.2) is 16.7 Å². The average molecular weight is 197 g/mol. The van der Waals surface area contributed by atoms with E-state index in [1.54, 1.807) is 12.3 Å². The molecule has 2 heterocycles. The Labute approximate surface area is 80.7 Å². The minimum absolute atomic E-state index is 0.271. The van der Waals surface area contributed by atoms with E-state index >= 15 is 0 Å². The summed E-state index contributed by atoms with van der Waals surface area (Å²) in [4.78, 5) is 8.28. The fourth-order valence-electron chi connectivity index (χ4n) is 1.06. The van der Waals surface area contributed by atoms with Gasteiger partial charge >= 0.3 is 0 Å². The zero-order valence-electron chi connectivity index (χ0n) is 7.41. The number of hydrogen-bond donors (Lipinski definition) is 0. The summed E-state index contributed by atoms with van der Waals surface area (Å²) in [6, 6.07) is 1.75. The number of halogens is 1. The van der Waals surface area contributed by atoms with Crippen LogP contribution in [0, 0.1) is 0 Å². The zero-order chi connectivity index (χ0) is 9.42. The molecule has 0 spiro atoms. The van der Waals surface area contributed by atoms with Crippen molar-refractivity contribution < 1.29 is 4.42 Å².